The summed E-state index contributed by atoms with van der Waals surface area (Å²) in [6, 6.07) is 16.4. The van der Waals surface area contributed by atoms with Crippen LogP contribution < -0.4 is 11.2 Å². The van der Waals surface area contributed by atoms with Gasteiger partial charge in [-0.2, -0.15) is 5.10 Å². The number of thiocarbonyl (C=S) groups is 1. The molecule has 0 aliphatic heterocycles. The quantitative estimate of drug-likeness (QED) is 0.429. The van der Waals surface area contributed by atoms with Gasteiger partial charge in [0.25, 0.3) is 5.91 Å². The van der Waals surface area contributed by atoms with E-state index >= 15 is 0 Å². The van der Waals surface area contributed by atoms with Crippen molar-refractivity contribution >= 4 is 52.0 Å². The van der Waals surface area contributed by atoms with E-state index in [0.717, 1.165) is 5.39 Å². The number of hydrogen-bond donors (Lipinski definition) is 2. The van der Waals surface area contributed by atoms with Gasteiger partial charge in [-0.1, -0.05) is 48.0 Å². The van der Waals surface area contributed by atoms with Gasteiger partial charge in [-0.3, -0.25) is 14.8 Å². The Balaban J connectivity index is 2.15. The topological polar surface area (TPSA) is 72.4 Å². The Morgan fingerprint density at radius 3 is 2.54 bits per heavy atom. The lowest BCUT2D eigenvalue weighted by Gasteiger charge is -2.05. The fourth-order valence-corrected chi connectivity index (χ4v) is 2.80. The number of fused-ring (bicyclic) bond motifs is 1. The maximum absolute atomic E-state index is 12.9. The highest BCUT2D eigenvalue weighted by Gasteiger charge is 2.20. The minimum absolute atomic E-state index is 0.0477. The molecular weight excluding hydrogens is 344 g/mol. The number of carbonyl (C=O) groups is 1. The van der Waals surface area contributed by atoms with Crippen molar-refractivity contribution in [1.29, 1.82) is 0 Å². The summed E-state index contributed by atoms with van der Waals surface area (Å²) < 4.78 is 1.47. The van der Waals surface area contributed by atoms with Gasteiger partial charge < -0.3 is 5.73 Å². The first kappa shape index (κ1) is 16.2. The van der Waals surface area contributed by atoms with E-state index in [1.54, 1.807) is 24.3 Å². The van der Waals surface area contributed by atoms with Crippen molar-refractivity contribution in [3.63, 3.8) is 0 Å². The summed E-state index contributed by atoms with van der Waals surface area (Å²) in [5.41, 5.74) is 9.69. The summed E-state index contributed by atoms with van der Waals surface area (Å²) in [4.78, 5) is 12.9. The van der Waals surface area contributed by atoms with Gasteiger partial charge in [0, 0.05) is 16.5 Å². The Hall–Kier alpha value is -2.70. The molecule has 0 radical (unpaired) electrons. The van der Waals surface area contributed by atoms with Gasteiger partial charge in [0.15, 0.2) is 5.11 Å². The van der Waals surface area contributed by atoms with E-state index < -0.39 is 0 Å². The van der Waals surface area contributed by atoms with Crippen molar-refractivity contribution in [3.05, 3.63) is 70.9 Å². The molecule has 120 valence electrons. The molecular formula is C17H13ClN4OS. The normalized spacial score (nSPS) is 11.0. The number of hydrazone groups is 1. The van der Waals surface area contributed by atoms with Crippen molar-refractivity contribution in [2.75, 3.05) is 0 Å². The molecule has 0 aliphatic carbocycles. The largest absolute Gasteiger partial charge is 0.375 e. The minimum Gasteiger partial charge on any atom is -0.375 e. The number of benzene rings is 2. The van der Waals surface area contributed by atoms with E-state index in [-0.39, 0.29) is 16.2 Å². The third-order valence-electron chi connectivity index (χ3n) is 3.45. The summed E-state index contributed by atoms with van der Waals surface area (Å²) in [7, 11) is 0. The lowest BCUT2D eigenvalue weighted by Crippen LogP contribution is -2.24. The van der Waals surface area contributed by atoms with Crippen LogP contribution in [0.25, 0.3) is 10.9 Å². The SMILES string of the molecule is NC(=S)NN=Cc1c(Cl)n(C(=O)c2ccccc2)c2ccccc12. The van der Waals surface area contributed by atoms with Gasteiger partial charge in [-0.05, 0) is 30.4 Å². The van der Waals surface area contributed by atoms with E-state index in [4.69, 9.17) is 29.6 Å². The van der Waals surface area contributed by atoms with Crippen LogP contribution in [0.5, 0.6) is 0 Å². The van der Waals surface area contributed by atoms with E-state index in [1.807, 2.05) is 30.3 Å². The average molecular weight is 357 g/mol. The molecule has 0 unspecified atom stereocenters. The van der Waals surface area contributed by atoms with Crippen molar-refractivity contribution in [2.45, 2.75) is 0 Å². The molecule has 2 aromatic carbocycles. The molecule has 0 aliphatic rings. The smallest absolute Gasteiger partial charge is 0.263 e. The first-order valence-electron chi connectivity index (χ1n) is 7.07. The fourth-order valence-electron chi connectivity index (χ4n) is 2.43. The summed E-state index contributed by atoms with van der Waals surface area (Å²) in [6.07, 6.45) is 1.50. The minimum atomic E-state index is -0.209. The second-order valence-electron chi connectivity index (χ2n) is 4.96. The lowest BCUT2D eigenvalue weighted by atomic mass is 10.2. The molecule has 0 amide bonds. The predicted molar refractivity (Wildman–Crippen MR) is 101 cm³/mol. The van der Waals surface area contributed by atoms with Crippen LogP contribution in [0.2, 0.25) is 5.15 Å². The van der Waals surface area contributed by atoms with Crippen LogP contribution in [-0.2, 0) is 0 Å². The number of halogens is 1. The Kier molecular flexibility index (Phi) is 4.59. The number of nitrogens with two attached hydrogens (primary N) is 1. The molecule has 24 heavy (non-hydrogen) atoms. The molecule has 0 fully saturated rings. The van der Waals surface area contributed by atoms with Crippen LogP contribution in [0, 0.1) is 0 Å². The number of nitrogens with one attached hydrogen (secondary N) is 1. The van der Waals surface area contributed by atoms with E-state index in [2.05, 4.69) is 10.5 Å². The van der Waals surface area contributed by atoms with Crippen LogP contribution in [0.3, 0.4) is 0 Å². The number of aromatic nitrogens is 1. The highest BCUT2D eigenvalue weighted by Crippen LogP contribution is 2.29. The van der Waals surface area contributed by atoms with Crippen molar-refractivity contribution in [1.82, 2.24) is 9.99 Å². The Morgan fingerprint density at radius 2 is 1.83 bits per heavy atom. The number of nitrogens with zero attached hydrogens (tertiary/aromatic N) is 2. The molecule has 1 aromatic heterocycles. The third kappa shape index (κ3) is 3.02. The molecule has 5 nitrogen and oxygen atoms in total. The zero-order chi connectivity index (χ0) is 17.1. The van der Waals surface area contributed by atoms with Gasteiger partial charge in [-0.15, -0.1) is 0 Å². The van der Waals surface area contributed by atoms with Crippen LogP contribution in [0.15, 0.2) is 59.7 Å². The summed E-state index contributed by atoms with van der Waals surface area (Å²) in [5.74, 6) is -0.209. The van der Waals surface area contributed by atoms with Crippen LogP contribution in [0.1, 0.15) is 15.9 Å². The van der Waals surface area contributed by atoms with Gasteiger partial charge in [0.2, 0.25) is 0 Å². The molecule has 0 saturated carbocycles. The van der Waals surface area contributed by atoms with E-state index in [0.29, 0.717) is 16.6 Å². The maximum atomic E-state index is 12.9. The van der Waals surface area contributed by atoms with Gasteiger partial charge in [-0.25, -0.2) is 0 Å². The Bertz CT molecular complexity index is 950. The highest BCUT2D eigenvalue weighted by atomic mass is 35.5. The Morgan fingerprint density at radius 1 is 1.17 bits per heavy atom. The second-order valence-corrected chi connectivity index (χ2v) is 5.76. The van der Waals surface area contributed by atoms with Gasteiger partial charge in [0.1, 0.15) is 5.15 Å². The van der Waals surface area contributed by atoms with E-state index in [1.165, 1.54) is 10.8 Å². The molecule has 1 heterocycles. The number of para-hydroxylation sites is 1. The molecule has 0 saturated heterocycles. The van der Waals surface area contributed by atoms with Crippen molar-refractivity contribution in [3.8, 4) is 0 Å². The molecule has 3 rings (SSSR count). The highest BCUT2D eigenvalue weighted by molar-refractivity contribution is 7.80. The summed E-state index contributed by atoms with van der Waals surface area (Å²) >= 11 is 11.2. The van der Waals surface area contributed by atoms with Gasteiger partial charge in [0.05, 0.1) is 11.7 Å². The summed E-state index contributed by atoms with van der Waals surface area (Å²) in [5, 5.41) is 5.08. The van der Waals surface area contributed by atoms with Crippen molar-refractivity contribution < 1.29 is 4.79 Å². The predicted octanol–water partition coefficient (Wildman–Crippen LogP) is 3.15. The number of hydrogen-bond acceptors (Lipinski definition) is 3. The Labute approximate surface area is 148 Å². The summed E-state index contributed by atoms with van der Waals surface area (Å²) in [6.45, 7) is 0. The lowest BCUT2D eigenvalue weighted by molar-refractivity contribution is 0.0965. The average Bonchev–Trinajstić information content (AvgIpc) is 2.87. The fraction of sp³-hybridized carbons (Fsp3) is 0. The molecule has 0 atom stereocenters. The molecule has 0 spiro atoms. The number of carbonyl (C=O) groups excluding carboxylic acids is 1. The zero-order valence-corrected chi connectivity index (χ0v) is 14.0. The van der Waals surface area contributed by atoms with Gasteiger partial charge >= 0.3 is 0 Å². The number of rotatable bonds is 3. The zero-order valence-electron chi connectivity index (χ0n) is 12.4. The first-order valence-corrected chi connectivity index (χ1v) is 7.85. The van der Waals surface area contributed by atoms with Crippen LogP contribution in [-0.4, -0.2) is 21.8 Å². The first-order chi connectivity index (χ1) is 11.6. The van der Waals surface area contributed by atoms with Crippen molar-refractivity contribution in [2.24, 2.45) is 10.8 Å². The second kappa shape index (κ2) is 6.82. The standard InChI is InChI=1S/C17H13ClN4OS/c18-15-13(10-20-21-17(19)24)12-8-4-5-9-14(12)22(15)16(23)11-6-2-1-3-7-11/h1-10H,(H3,19,21,24). The maximum Gasteiger partial charge on any atom is 0.263 e. The third-order valence-corrected chi connectivity index (χ3v) is 3.91. The van der Waals surface area contributed by atoms with E-state index in [9.17, 15) is 4.79 Å². The monoisotopic (exact) mass is 356 g/mol. The van der Waals surface area contributed by atoms with Crippen LogP contribution >= 0.6 is 23.8 Å². The molecule has 3 aromatic rings. The molecule has 3 N–H and O–H groups in total. The molecule has 7 heteroatoms. The van der Waals surface area contributed by atoms with Crippen LogP contribution in [0.4, 0.5) is 0 Å². The molecule has 0 bridgehead atoms.